The van der Waals surface area contributed by atoms with Gasteiger partial charge in [-0.25, -0.2) is 0 Å². The molecule has 2 aromatic rings. The Kier molecular flexibility index (Phi) is 5.64. The number of halogens is 3. The van der Waals surface area contributed by atoms with E-state index in [2.05, 4.69) is 5.32 Å². The summed E-state index contributed by atoms with van der Waals surface area (Å²) in [5, 5.41) is 11.8. The van der Waals surface area contributed by atoms with Gasteiger partial charge in [0, 0.05) is 20.3 Å². The Balaban J connectivity index is 2.36. The molecule has 1 aromatic heterocycles. The fourth-order valence-electron chi connectivity index (χ4n) is 2.06. The van der Waals surface area contributed by atoms with Crippen LogP contribution >= 0.6 is 11.5 Å². The summed E-state index contributed by atoms with van der Waals surface area (Å²) in [4.78, 5) is 12.1. The molecule has 0 radical (unpaired) electrons. The highest BCUT2D eigenvalue weighted by atomic mass is 32.1. The van der Waals surface area contributed by atoms with Crippen molar-refractivity contribution in [1.82, 2.24) is 3.96 Å². The van der Waals surface area contributed by atoms with Gasteiger partial charge in [-0.05, 0) is 30.1 Å². The van der Waals surface area contributed by atoms with E-state index in [0.717, 1.165) is 17.6 Å². The number of ether oxygens (including phenoxy) is 1. The molecule has 0 atom stereocenters. The molecule has 0 amide bonds. The topological polar surface area (TPSA) is 67.0 Å². The van der Waals surface area contributed by atoms with Crippen LogP contribution in [0.2, 0.25) is 0 Å². The number of nitriles is 1. The van der Waals surface area contributed by atoms with Crippen molar-refractivity contribution in [1.29, 1.82) is 5.26 Å². The predicted molar refractivity (Wildman–Crippen MR) is 84.5 cm³/mol. The largest absolute Gasteiger partial charge is 0.418 e. The van der Waals surface area contributed by atoms with E-state index in [1.807, 2.05) is 0 Å². The summed E-state index contributed by atoms with van der Waals surface area (Å²) < 4.78 is 45.4. The molecule has 0 spiro atoms. The fourth-order valence-corrected chi connectivity index (χ4v) is 3.06. The maximum absolute atomic E-state index is 13.0. The third-order valence-electron chi connectivity index (χ3n) is 3.17. The van der Waals surface area contributed by atoms with E-state index in [4.69, 9.17) is 10.00 Å². The molecule has 5 nitrogen and oxygen atoms in total. The number of hydrogen-bond donors (Lipinski definition) is 1. The Morgan fingerprint density at radius 3 is 2.71 bits per heavy atom. The van der Waals surface area contributed by atoms with Crippen LogP contribution in [-0.4, -0.2) is 17.7 Å². The number of aromatic nitrogens is 1. The highest BCUT2D eigenvalue weighted by Gasteiger charge is 2.33. The van der Waals surface area contributed by atoms with E-state index in [-0.39, 0.29) is 16.3 Å². The second-order valence-electron chi connectivity index (χ2n) is 4.83. The minimum atomic E-state index is -4.54. The van der Waals surface area contributed by atoms with Gasteiger partial charge < -0.3 is 10.1 Å². The number of methoxy groups -OCH3 is 1. The van der Waals surface area contributed by atoms with E-state index in [1.165, 1.54) is 29.3 Å². The first-order valence-corrected chi connectivity index (χ1v) is 7.72. The molecule has 1 aromatic carbocycles. The van der Waals surface area contributed by atoms with Crippen molar-refractivity contribution in [2.45, 2.75) is 19.1 Å². The molecular formula is C15H14F3N3O2S. The standard InChI is InChI=1S/C15H14F3N3O2S/c1-23-8-4-7-21-14(22)10(9-19)13(24-21)20-12-6-3-2-5-11(12)15(16,17)18/h2-3,5-6,20H,4,7-8H2,1H3. The summed E-state index contributed by atoms with van der Waals surface area (Å²) >= 11 is 0.923. The number of nitrogens with one attached hydrogen (secondary N) is 1. The third kappa shape index (κ3) is 3.96. The molecule has 0 fully saturated rings. The summed E-state index contributed by atoms with van der Waals surface area (Å²) in [6, 6.07) is 6.67. The van der Waals surface area contributed by atoms with Crippen molar-refractivity contribution in [3.05, 3.63) is 45.7 Å². The number of anilines is 2. The Bertz CT molecular complexity index is 806. The zero-order valence-electron chi connectivity index (χ0n) is 12.7. The molecule has 0 aliphatic carbocycles. The summed E-state index contributed by atoms with van der Waals surface area (Å²) in [6.45, 7) is 0.764. The fraction of sp³-hybridized carbons (Fsp3) is 0.333. The molecule has 0 aliphatic heterocycles. The zero-order chi connectivity index (χ0) is 17.7. The van der Waals surface area contributed by atoms with E-state index < -0.39 is 17.3 Å². The van der Waals surface area contributed by atoms with Gasteiger partial charge in [-0.15, -0.1) is 0 Å². The van der Waals surface area contributed by atoms with Gasteiger partial charge in [0.05, 0.1) is 11.3 Å². The molecule has 2 rings (SSSR count). The average Bonchev–Trinajstić information content (AvgIpc) is 2.82. The van der Waals surface area contributed by atoms with Gasteiger partial charge in [-0.1, -0.05) is 12.1 Å². The lowest BCUT2D eigenvalue weighted by Gasteiger charge is -2.13. The van der Waals surface area contributed by atoms with E-state index in [0.29, 0.717) is 19.6 Å². The normalized spacial score (nSPS) is 11.3. The van der Waals surface area contributed by atoms with Gasteiger partial charge in [0.2, 0.25) is 0 Å². The Morgan fingerprint density at radius 1 is 1.38 bits per heavy atom. The van der Waals surface area contributed by atoms with Crippen LogP contribution in [0.3, 0.4) is 0 Å². The molecule has 9 heteroatoms. The number of aryl methyl sites for hydroxylation is 1. The van der Waals surface area contributed by atoms with Crippen molar-refractivity contribution in [2.24, 2.45) is 0 Å². The summed E-state index contributed by atoms with van der Waals surface area (Å²) in [5.41, 5.74) is -1.78. The van der Waals surface area contributed by atoms with Crippen molar-refractivity contribution < 1.29 is 17.9 Å². The summed E-state index contributed by atoms with van der Waals surface area (Å²) in [6.07, 6.45) is -3.98. The molecule has 0 saturated carbocycles. The number of hydrogen-bond acceptors (Lipinski definition) is 5. The van der Waals surface area contributed by atoms with Crippen LogP contribution in [0.4, 0.5) is 23.9 Å². The molecule has 0 bridgehead atoms. The van der Waals surface area contributed by atoms with Gasteiger partial charge in [0.15, 0.2) is 5.56 Å². The zero-order valence-corrected chi connectivity index (χ0v) is 13.5. The first-order valence-electron chi connectivity index (χ1n) is 6.95. The second-order valence-corrected chi connectivity index (χ2v) is 5.86. The molecule has 0 aliphatic rings. The maximum atomic E-state index is 13.0. The van der Waals surface area contributed by atoms with Gasteiger partial charge >= 0.3 is 6.18 Å². The van der Waals surface area contributed by atoms with Crippen molar-refractivity contribution in [2.75, 3.05) is 19.0 Å². The second kappa shape index (κ2) is 7.51. The van der Waals surface area contributed by atoms with Crippen LogP contribution in [0, 0.1) is 11.3 Å². The van der Waals surface area contributed by atoms with Crippen LogP contribution in [0.5, 0.6) is 0 Å². The highest BCUT2D eigenvalue weighted by Crippen LogP contribution is 2.36. The molecule has 1 heterocycles. The number of alkyl halides is 3. The van der Waals surface area contributed by atoms with Gasteiger partial charge in [-0.2, -0.15) is 18.4 Å². The van der Waals surface area contributed by atoms with Crippen molar-refractivity contribution in [3.63, 3.8) is 0 Å². The first kappa shape index (κ1) is 18.0. The van der Waals surface area contributed by atoms with Gasteiger partial charge in [0.25, 0.3) is 5.56 Å². The van der Waals surface area contributed by atoms with E-state index in [9.17, 15) is 18.0 Å². The minimum absolute atomic E-state index is 0.0941. The minimum Gasteiger partial charge on any atom is -0.385 e. The molecule has 0 unspecified atom stereocenters. The van der Waals surface area contributed by atoms with Crippen LogP contribution in [-0.2, 0) is 17.5 Å². The summed E-state index contributed by atoms with van der Waals surface area (Å²) in [7, 11) is 1.53. The SMILES string of the molecule is COCCCn1sc(Nc2ccccc2C(F)(F)F)c(C#N)c1=O. The number of para-hydroxylation sites is 1. The summed E-state index contributed by atoms with van der Waals surface area (Å²) in [5.74, 6) is 0. The number of nitrogens with zero attached hydrogens (tertiary/aromatic N) is 2. The Morgan fingerprint density at radius 2 is 2.08 bits per heavy atom. The molecule has 1 N–H and O–H groups in total. The predicted octanol–water partition coefficient (Wildman–Crippen LogP) is 3.58. The van der Waals surface area contributed by atoms with E-state index >= 15 is 0 Å². The average molecular weight is 357 g/mol. The monoisotopic (exact) mass is 357 g/mol. The van der Waals surface area contributed by atoms with Crippen molar-refractivity contribution >= 4 is 22.2 Å². The number of rotatable bonds is 6. The van der Waals surface area contributed by atoms with E-state index in [1.54, 1.807) is 6.07 Å². The lowest BCUT2D eigenvalue weighted by Crippen LogP contribution is -2.16. The highest BCUT2D eigenvalue weighted by molar-refractivity contribution is 7.11. The lowest BCUT2D eigenvalue weighted by molar-refractivity contribution is -0.136. The Hall–Kier alpha value is -2.31. The molecule has 0 saturated heterocycles. The van der Waals surface area contributed by atoms with Gasteiger partial charge in [0.1, 0.15) is 11.1 Å². The molecular weight excluding hydrogens is 343 g/mol. The van der Waals surface area contributed by atoms with Crippen LogP contribution in [0.1, 0.15) is 17.5 Å². The van der Waals surface area contributed by atoms with Crippen LogP contribution < -0.4 is 10.9 Å². The molecule has 24 heavy (non-hydrogen) atoms. The quantitative estimate of drug-likeness (QED) is 0.803. The van der Waals surface area contributed by atoms with Crippen molar-refractivity contribution in [3.8, 4) is 6.07 Å². The lowest BCUT2D eigenvalue weighted by atomic mass is 10.1. The first-order chi connectivity index (χ1) is 11.4. The third-order valence-corrected chi connectivity index (χ3v) is 4.23. The van der Waals surface area contributed by atoms with Crippen LogP contribution in [0.15, 0.2) is 29.1 Å². The Labute approximate surface area is 140 Å². The van der Waals surface area contributed by atoms with Crippen LogP contribution in [0.25, 0.3) is 0 Å². The van der Waals surface area contributed by atoms with Gasteiger partial charge in [-0.3, -0.25) is 8.75 Å². The molecule has 128 valence electrons. The smallest absolute Gasteiger partial charge is 0.385 e. The maximum Gasteiger partial charge on any atom is 0.418 e. The number of benzene rings is 1.